The third-order valence-electron chi connectivity index (χ3n) is 3.12. The zero-order valence-corrected chi connectivity index (χ0v) is 14.3. The molecule has 2 rings (SSSR count). The molecule has 0 fully saturated rings. The van der Waals surface area contributed by atoms with Gasteiger partial charge in [0.25, 0.3) is 5.91 Å². The van der Waals surface area contributed by atoms with Crippen molar-refractivity contribution in [2.75, 3.05) is 11.9 Å². The number of carbonyl (C=O) groups excluding carboxylic acids is 2. The van der Waals surface area contributed by atoms with E-state index in [1.54, 1.807) is 20.9 Å². The Morgan fingerprint density at radius 1 is 1.30 bits per heavy atom. The van der Waals surface area contributed by atoms with Crippen LogP contribution in [0, 0.1) is 6.92 Å². The summed E-state index contributed by atoms with van der Waals surface area (Å²) in [6.45, 7) is 3.60. The molecule has 1 heterocycles. The average Bonchev–Trinajstić information content (AvgIpc) is 2.76. The van der Waals surface area contributed by atoms with E-state index < -0.39 is 11.9 Å². The van der Waals surface area contributed by atoms with E-state index in [2.05, 4.69) is 10.4 Å². The third kappa shape index (κ3) is 3.65. The molecule has 0 saturated carbocycles. The van der Waals surface area contributed by atoms with Gasteiger partial charge in [-0.1, -0.05) is 23.2 Å². The number of carbonyl (C=O) groups is 2. The second kappa shape index (κ2) is 7.02. The van der Waals surface area contributed by atoms with Gasteiger partial charge in [0.2, 0.25) is 0 Å². The maximum absolute atomic E-state index is 12.4. The first-order chi connectivity index (χ1) is 10.8. The van der Waals surface area contributed by atoms with Gasteiger partial charge in [-0.25, -0.2) is 4.79 Å². The van der Waals surface area contributed by atoms with E-state index in [1.807, 2.05) is 0 Å². The summed E-state index contributed by atoms with van der Waals surface area (Å²) in [7, 11) is 1.63. The van der Waals surface area contributed by atoms with Crippen LogP contribution in [-0.4, -0.2) is 28.3 Å². The van der Waals surface area contributed by atoms with Gasteiger partial charge in [-0.3, -0.25) is 9.48 Å². The Kier molecular flexibility index (Phi) is 5.28. The number of hydrogen-bond donors (Lipinski definition) is 1. The summed E-state index contributed by atoms with van der Waals surface area (Å²) in [5.41, 5.74) is 1.01. The summed E-state index contributed by atoms with van der Waals surface area (Å²) >= 11 is 11.8. The van der Waals surface area contributed by atoms with Gasteiger partial charge >= 0.3 is 5.97 Å². The number of aromatic nitrogens is 2. The van der Waals surface area contributed by atoms with Crippen LogP contribution < -0.4 is 5.32 Å². The Bertz CT molecular complexity index is 772. The summed E-state index contributed by atoms with van der Waals surface area (Å²) in [6.07, 6.45) is 0. The quantitative estimate of drug-likeness (QED) is 0.852. The minimum atomic E-state index is -0.539. The van der Waals surface area contributed by atoms with Crippen molar-refractivity contribution in [2.45, 2.75) is 13.8 Å². The summed E-state index contributed by atoms with van der Waals surface area (Å²) in [4.78, 5) is 24.4. The number of ether oxygens (including phenoxy) is 1. The number of amides is 1. The van der Waals surface area contributed by atoms with Crippen LogP contribution in [0.1, 0.15) is 33.3 Å². The first-order valence-electron chi connectivity index (χ1n) is 6.82. The number of esters is 1. The monoisotopic (exact) mass is 355 g/mol. The summed E-state index contributed by atoms with van der Waals surface area (Å²) in [6, 6.07) is 4.52. The van der Waals surface area contributed by atoms with Crippen molar-refractivity contribution in [3.05, 3.63) is 45.1 Å². The fourth-order valence-electron chi connectivity index (χ4n) is 2.07. The molecule has 1 aromatic heterocycles. The summed E-state index contributed by atoms with van der Waals surface area (Å²) in [5.74, 6) is -0.711. The van der Waals surface area contributed by atoms with Crippen LogP contribution in [0.3, 0.4) is 0 Å². The number of aryl methyl sites for hydroxylation is 2. The van der Waals surface area contributed by atoms with Gasteiger partial charge in [0, 0.05) is 12.6 Å². The van der Waals surface area contributed by atoms with Crippen molar-refractivity contribution in [3.8, 4) is 0 Å². The predicted octanol–water partition coefficient (Wildman–Crippen LogP) is 3.46. The zero-order chi connectivity index (χ0) is 17.1. The lowest BCUT2D eigenvalue weighted by Gasteiger charge is -2.09. The molecule has 122 valence electrons. The molecule has 2 aromatic rings. The molecular formula is C15H15Cl2N3O3. The lowest BCUT2D eigenvalue weighted by atomic mass is 10.2. The first-order valence-corrected chi connectivity index (χ1v) is 7.57. The van der Waals surface area contributed by atoms with Gasteiger partial charge in [0.15, 0.2) is 0 Å². The molecule has 1 amide bonds. The molecule has 0 unspecified atom stereocenters. The summed E-state index contributed by atoms with van der Waals surface area (Å²) < 4.78 is 6.42. The maximum atomic E-state index is 12.4. The smallest absolute Gasteiger partial charge is 0.343 e. The molecule has 0 aliphatic heterocycles. The minimum absolute atomic E-state index is 0.225. The van der Waals surface area contributed by atoms with Crippen LogP contribution in [0.2, 0.25) is 10.0 Å². The fourth-order valence-corrected chi connectivity index (χ4v) is 2.36. The lowest BCUT2D eigenvalue weighted by molar-refractivity contribution is 0.0526. The van der Waals surface area contributed by atoms with E-state index in [1.165, 1.54) is 22.9 Å². The molecule has 1 aromatic carbocycles. The molecule has 0 atom stereocenters. The van der Waals surface area contributed by atoms with E-state index in [0.29, 0.717) is 16.3 Å². The van der Waals surface area contributed by atoms with E-state index in [0.717, 1.165) is 0 Å². The van der Waals surface area contributed by atoms with E-state index in [4.69, 9.17) is 27.9 Å². The number of nitrogens with zero attached hydrogens (tertiary/aromatic N) is 2. The fraction of sp³-hybridized carbons (Fsp3) is 0.267. The van der Waals surface area contributed by atoms with E-state index in [9.17, 15) is 9.59 Å². The van der Waals surface area contributed by atoms with Crippen molar-refractivity contribution in [3.63, 3.8) is 0 Å². The first kappa shape index (κ1) is 17.3. The molecule has 0 saturated heterocycles. The molecule has 0 bridgehead atoms. The van der Waals surface area contributed by atoms with Crippen LogP contribution >= 0.6 is 23.2 Å². The Morgan fingerprint density at radius 2 is 2.00 bits per heavy atom. The Labute approximate surface area is 143 Å². The predicted molar refractivity (Wildman–Crippen MR) is 88.3 cm³/mol. The third-order valence-corrected chi connectivity index (χ3v) is 3.85. The highest BCUT2D eigenvalue weighted by molar-refractivity contribution is 6.42. The van der Waals surface area contributed by atoms with Crippen LogP contribution in [0.15, 0.2) is 18.2 Å². The molecule has 8 heteroatoms. The molecular weight excluding hydrogens is 341 g/mol. The van der Waals surface area contributed by atoms with Crippen LogP contribution in [0.4, 0.5) is 5.82 Å². The number of rotatable bonds is 4. The molecule has 23 heavy (non-hydrogen) atoms. The SMILES string of the molecule is CCOC(=O)c1c(C)nn(C)c1NC(=O)c1ccc(Cl)c(Cl)c1. The highest BCUT2D eigenvalue weighted by Crippen LogP contribution is 2.24. The molecule has 0 aliphatic rings. The van der Waals surface area contributed by atoms with Gasteiger partial charge in [0.1, 0.15) is 11.4 Å². The molecule has 0 aliphatic carbocycles. The second-order valence-electron chi connectivity index (χ2n) is 4.74. The summed E-state index contributed by atoms with van der Waals surface area (Å²) in [5, 5.41) is 7.43. The van der Waals surface area contributed by atoms with Crippen LogP contribution in [-0.2, 0) is 11.8 Å². The highest BCUT2D eigenvalue weighted by Gasteiger charge is 2.23. The van der Waals surface area contributed by atoms with Gasteiger partial charge in [-0.15, -0.1) is 0 Å². The van der Waals surface area contributed by atoms with E-state index >= 15 is 0 Å². The molecule has 6 nitrogen and oxygen atoms in total. The lowest BCUT2D eigenvalue weighted by Crippen LogP contribution is -2.17. The number of anilines is 1. The van der Waals surface area contributed by atoms with Crippen molar-refractivity contribution < 1.29 is 14.3 Å². The van der Waals surface area contributed by atoms with Crippen molar-refractivity contribution >= 4 is 40.9 Å². The Morgan fingerprint density at radius 3 is 2.61 bits per heavy atom. The van der Waals surface area contributed by atoms with Gasteiger partial charge < -0.3 is 10.1 Å². The molecule has 0 radical (unpaired) electrons. The maximum Gasteiger partial charge on any atom is 0.343 e. The van der Waals surface area contributed by atoms with Crippen molar-refractivity contribution in [1.82, 2.24) is 9.78 Å². The molecule has 1 N–H and O–H groups in total. The minimum Gasteiger partial charge on any atom is -0.462 e. The van der Waals surface area contributed by atoms with E-state index in [-0.39, 0.29) is 23.0 Å². The largest absolute Gasteiger partial charge is 0.462 e. The Balaban J connectivity index is 2.34. The second-order valence-corrected chi connectivity index (χ2v) is 5.55. The number of halogens is 2. The van der Waals surface area contributed by atoms with Crippen LogP contribution in [0.5, 0.6) is 0 Å². The normalized spacial score (nSPS) is 10.5. The average molecular weight is 356 g/mol. The van der Waals surface area contributed by atoms with Crippen molar-refractivity contribution in [2.24, 2.45) is 7.05 Å². The standard InChI is InChI=1S/C15H15Cl2N3O3/c1-4-23-15(22)12-8(2)19-20(3)13(12)18-14(21)9-5-6-10(16)11(17)7-9/h5-7H,4H2,1-3H3,(H,18,21). The molecule has 0 spiro atoms. The Hall–Kier alpha value is -2.05. The van der Waals surface area contributed by atoms with Crippen molar-refractivity contribution in [1.29, 1.82) is 0 Å². The zero-order valence-electron chi connectivity index (χ0n) is 12.8. The number of nitrogens with one attached hydrogen (secondary N) is 1. The van der Waals surface area contributed by atoms with Gasteiger partial charge in [0.05, 0.1) is 22.3 Å². The van der Waals surface area contributed by atoms with Gasteiger partial charge in [-0.05, 0) is 32.0 Å². The topological polar surface area (TPSA) is 73.2 Å². The van der Waals surface area contributed by atoms with Gasteiger partial charge in [-0.2, -0.15) is 5.10 Å². The van der Waals surface area contributed by atoms with Crippen LogP contribution in [0.25, 0.3) is 0 Å². The highest BCUT2D eigenvalue weighted by atomic mass is 35.5. The number of benzene rings is 1. The number of hydrogen-bond acceptors (Lipinski definition) is 4.